The average molecular weight is 269 g/mol. The van der Waals surface area contributed by atoms with Crippen molar-refractivity contribution in [2.45, 2.75) is 53.5 Å². The minimum atomic E-state index is -1.11. The minimum Gasteiger partial charge on any atom is -0.480 e. The van der Waals surface area contributed by atoms with Crippen molar-refractivity contribution in [1.29, 1.82) is 0 Å². The fraction of sp³-hybridized carbons (Fsp3) is 0.786. The van der Waals surface area contributed by atoms with Crippen LogP contribution in [-0.2, 0) is 14.4 Å². The van der Waals surface area contributed by atoms with E-state index in [0.717, 1.165) is 4.90 Å². The van der Waals surface area contributed by atoms with Gasteiger partial charge in [-0.1, -0.05) is 27.7 Å². The Balaban J connectivity index is 3.08. The second-order valence-corrected chi connectivity index (χ2v) is 6.30. The molecule has 0 bridgehead atoms. The predicted molar refractivity (Wildman–Crippen MR) is 70.3 cm³/mol. The van der Waals surface area contributed by atoms with Crippen LogP contribution in [0.25, 0.3) is 0 Å². The van der Waals surface area contributed by atoms with E-state index in [-0.39, 0.29) is 30.1 Å². The summed E-state index contributed by atoms with van der Waals surface area (Å²) >= 11 is 0. The minimum absolute atomic E-state index is 0.00226. The van der Waals surface area contributed by atoms with Crippen molar-refractivity contribution < 1.29 is 19.5 Å². The molecule has 2 amide bonds. The van der Waals surface area contributed by atoms with Crippen molar-refractivity contribution >= 4 is 17.8 Å². The lowest BCUT2D eigenvalue weighted by Crippen LogP contribution is -2.47. The molecule has 0 saturated carbocycles. The number of carbonyl (C=O) groups excluding carboxylic acids is 2. The highest BCUT2D eigenvalue weighted by Gasteiger charge is 2.53. The zero-order valence-corrected chi connectivity index (χ0v) is 12.3. The predicted octanol–water partition coefficient (Wildman–Crippen LogP) is 1.91. The van der Waals surface area contributed by atoms with E-state index in [0.29, 0.717) is 6.42 Å². The van der Waals surface area contributed by atoms with E-state index in [1.165, 1.54) is 0 Å². The van der Waals surface area contributed by atoms with Gasteiger partial charge in [0.15, 0.2) is 0 Å². The lowest BCUT2D eigenvalue weighted by molar-refractivity contribution is -0.156. The number of carboxylic acids is 1. The number of hydrogen-bond acceptors (Lipinski definition) is 3. The largest absolute Gasteiger partial charge is 0.480 e. The molecule has 0 radical (unpaired) electrons. The zero-order valence-electron chi connectivity index (χ0n) is 12.3. The number of hydrogen-bond donors (Lipinski definition) is 1. The van der Waals surface area contributed by atoms with Gasteiger partial charge in [-0.2, -0.15) is 0 Å². The van der Waals surface area contributed by atoms with Gasteiger partial charge in [0, 0.05) is 6.42 Å². The molecule has 2 unspecified atom stereocenters. The third-order valence-electron chi connectivity index (χ3n) is 4.06. The Morgan fingerprint density at radius 2 is 1.84 bits per heavy atom. The van der Waals surface area contributed by atoms with Crippen LogP contribution >= 0.6 is 0 Å². The number of carbonyl (C=O) groups is 3. The molecule has 0 aromatic carbocycles. The van der Waals surface area contributed by atoms with Gasteiger partial charge in [0.1, 0.15) is 6.04 Å². The van der Waals surface area contributed by atoms with Gasteiger partial charge in [0.2, 0.25) is 11.8 Å². The van der Waals surface area contributed by atoms with Crippen LogP contribution in [0.5, 0.6) is 0 Å². The highest BCUT2D eigenvalue weighted by Crippen LogP contribution is 2.40. The second-order valence-electron chi connectivity index (χ2n) is 6.30. The SMILES string of the molecule is CC(C)CC(C(=O)O)N1C(=O)CC(C)(C(C)C)C1=O. The van der Waals surface area contributed by atoms with E-state index in [4.69, 9.17) is 0 Å². The van der Waals surface area contributed by atoms with Crippen molar-refractivity contribution in [2.75, 3.05) is 0 Å². The monoisotopic (exact) mass is 269 g/mol. The smallest absolute Gasteiger partial charge is 0.326 e. The maximum Gasteiger partial charge on any atom is 0.326 e. The third-order valence-corrected chi connectivity index (χ3v) is 4.06. The maximum absolute atomic E-state index is 12.4. The lowest BCUT2D eigenvalue weighted by atomic mass is 9.78. The van der Waals surface area contributed by atoms with Gasteiger partial charge >= 0.3 is 5.97 Å². The normalized spacial score (nSPS) is 25.5. The Kier molecular flexibility index (Phi) is 4.38. The maximum atomic E-state index is 12.4. The Hall–Kier alpha value is -1.39. The number of aliphatic carboxylic acids is 1. The fourth-order valence-corrected chi connectivity index (χ4v) is 2.39. The fourth-order valence-electron chi connectivity index (χ4n) is 2.39. The van der Waals surface area contributed by atoms with Gasteiger partial charge in [-0.15, -0.1) is 0 Å². The first-order chi connectivity index (χ1) is 8.61. The van der Waals surface area contributed by atoms with Crippen LogP contribution in [0.4, 0.5) is 0 Å². The topological polar surface area (TPSA) is 74.7 Å². The number of rotatable bonds is 5. The molecule has 19 heavy (non-hydrogen) atoms. The van der Waals surface area contributed by atoms with Crippen LogP contribution in [0, 0.1) is 17.3 Å². The summed E-state index contributed by atoms with van der Waals surface area (Å²) in [4.78, 5) is 36.8. The van der Waals surface area contributed by atoms with Crippen LogP contribution in [-0.4, -0.2) is 33.8 Å². The van der Waals surface area contributed by atoms with Crippen LogP contribution < -0.4 is 0 Å². The van der Waals surface area contributed by atoms with Crippen LogP contribution in [0.1, 0.15) is 47.5 Å². The van der Waals surface area contributed by atoms with E-state index >= 15 is 0 Å². The molecule has 1 heterocycles. The highest BCUT2D eigenvalue weighted by molar-refractivity contribution is 6.08. The first-order valence-corrected chi connectivity index (χ1v) is 6.70. The molecule has 5 nitrogen and oxygen atoms in total. The second kappa shape index (κ2) is 5.31. The molecule has 0 aromatic heterocycles. The third kappa shape index (κ3) is 2.80. The highest BCUT2D eigenvalue weighted by atomic mass is 16.4. The summed E-state index contributed by atoms with van der Waals surface area (Å²) in [5, 5.41) is 9.28. The van der Waals surface area contributed by atoms with Gasteiger partial charge in [-0.3, -0.25) is 14.5 Å². The zero-order chi connectivity index (χ0) is 15.0. The first kappa shape index (κ1) is 15.7. The molecule has 1 aliphatic rings. The summed E-state index contributed by atoms with van der Waals surface area (Å²) in [6.45, 7) is 9.26. The molecule has 1 N–H and O–H groups in total. The van der Waals surface area contributed by atoms with Crippen molar-refractivity contribution in [3.63, 3.8) is 0 Å². The van der Waals surface area contributed by atoms with Gasteiger partial charge in [-0.05, 0) is 25.2 Å². The molecule has 0 aliphatic carbocycles. The summed E-state index contributed by atoms with van der Waals surface area (Å²) in [6.07, 6.45) is 0.395. The molecular weight excluding hydrogens is 246 g/mol. The van der Waals surface area contributed by atoms with E-state index in [9.17, 15) is 19.5 Å². The van der Waals surface area contributed by atoms with E-state index < -0.39 is 17.4 Å². The quantitative estimate of drug-likeness (QED) is 0.774. The van der Waals surface area contributed by atoms with Gasteiger partial charge in [0.25, 0.3) is 0 Å². The summed E-state index contributed by atoms with van der Waals surface area (Å²) in [5.41, 5.74) is -0.776. The number of carboxylic acid groups (broad SMARTS) is 1. The molecule has 5 heteroatoms. The van der Waals surface area contributed by atoms with E-state index in [2.05, 4.69) is 0 Å². The van der Waals surface area contributed by atoms with Crippen LogP contribution in [0.15, 0.2) is 0 Å². The molecule has 1 fully saturated rings. The van der Waals surface area contributed by atoms with Gasteiger partial charge in [-0.25, -0.2) is 4.79 Å². The van der Waals surface area contributed by atoms with Crippen LogP contribution in [0.2, 0.25) is 0 Å². The molecule has 1 aliphatic heterocycles. The van der Waals surface area contributed by atoms with Crippen molar-refractivity contribution in [2.24, 2.45) is 17.3 Å². The number of nitrogens with zero attached hydrogens (tertiary/aromatic N) is 1. The number of imide groups is 1. The molecule has 0 aromatic rings. The molecule has 1 rings (SSSR count). The van der Waals surface area contributed by atoms with E-state index in [1.807, 2.05) is 27.7 Å². The molecule has 1 saturated heterocycles. The Bertz CT molecular complexity index is 402. The molecule has 0 spiro atoms. The Labute approximate surface area is 114 Å². The van der Waals surface area contributed by atoms with Crippen molar-refractivity contribution in [3.8, 4) is 0 Å². The van der Waals surface area contributed by atoms with Gasteiger partial charge in [0.05, 0.1) is 5.41 Å². The van der Waals surface area contributed by atoms with E-state index in [1.54, 1.807) is 6.92 Å². The van der Waals surface area contributed by atoms with Crippen molar-refractivity contribution in [3.05, 3.63) is 0 Å². The first-order valence-electron chi connectivity index (χ1n) is 6.70. The Morgan fingerprint density at radius 3 is 2.16 bits per heavy atom. The van der Waals surface area contributed by atoms with Crippen LogP contribution in [0.3, 0.4) is 0 Å². The van der Waals surface area contributed by atoms with Crippen molar-refractivity contribution in [1.82, 2.24) is 4.90 Å². The number of likely N-dealkylation sites (tertiary alicyclic amines) is 1. The summed E-state index contributed by atoms with van der Waals surface area (Å²) in [6, 6.07) is -1.04. The Morgan fingerprint density at radius 1 is 1.32 bits per heavy atom. The molecule has 108 valence electrons. The van der Waals surface area contributed by atoms with Gasteiger partial charge < -0.3 is 5.11 Å². The standard InChI is InChI=1S/C14H23NO4/c1-8(2)6-10(12(17)18)15-11(16)7-14(5,9(3)4)13(15)19/h8-10H,6-7H2,1-5H3,(H,17,18). The average Bonchev–Trinajstić information content (AvgIpc) is 2.48. The molecular formula is C14H23NO4. The molecule has 2 atom stereocenters. The summed E-state index contributed by atoms with van der Waals surface area (Å²) < 4.78 is 0. The summed E-state index contributed by atoms with van der Waals surface area (Å²) in [7, 11) is 0. The number of amides is 2. The lowest BCUT2D eigenvalue weighted by Gasteiger charge is -2.29. The summed E-state index contributed by atoms with van der Waals surface area (Å²) in [5.74, 6) is -1.71.